The van der Waals surface area contributed by atoms with Gasteiger partial charge in [-0.15, -0.1) is 0 Å². The number of nitrogens with one attached hydrogen (secondary N) is 1. The quantitative estimate of drug-likeness (QED) is 0.0736. The lowest BCUT2D eigenvalue weighted by molar-refractivity contribution is -0.379. The molecule has 3 fully saturated rings. The van der Waals surface area contributed by atoms with E-state index < -0.39 is 137 Å². The number of alkyl carbamates (subject to hydrolysis) is 1. The van der Waals surface area contributed by atoms with Crippen LogP contribution in [0.2, 0.25) is 0 Å². The van der Waals surface area contributed by atoms with Gasteiger partial charge in [0, 0.05) is 5.92 Å². The Morgan fingerprint density at radius 2 is 1.17 bits per heavy atom. The number of ether oxygens (including phenoxy) is 7. The maximum atomic E-state index is 13.2. The highest BCUT2D eigenvalue weighted by Gasteiger charge is 2.53. The van der Waals surface area contributed by atoms with E-state index in [0.717, 1.165) is 22.3 Å². The van der Waals surface area contributed by atoms with E-state index in [1.807, 2.05) is 55.5 Å². The molecule has 20 heteroatoms. The van der Waals surface area contributed by atoms with Crippen LogP contribution >= 0.6 is 0 Å². The Kier molecular flexibility index (Phi) is 16.0. The summed E-state index contributed by atoms with van der Waals surface area (Å²) in [6.45, 7) is -1.14. The Hall–Kier alpha value is -3.23. The fourth-order valence-electron chi connectivity index (χ4n) is 7.81. The summed E-state index contributed by atoms with van der Waals surface area (Å²) in [5, 5.41) is 118. The molecule has 17 atom stereocenters. The summed E-state index contributed by atoms with van der Waals surface area (Å²) in [6, 6.07) is 14.5. The molecule has 0 aromatic heterocycles. The standard InChI is InChI=1S/C40H55NO19/c1-2-3-12-24(45)23(41-40(53)55-16-22-20-10-6-4-8-18(20)19-9-5-7-11-21(19)22)17-54-37-33(51)30(48)35(26(14-43)57-37)60-39-34(52)31(49)36(27(15-44)58-39)59-38-32(50)29(47)28(46)25(13-42)56-38/h3-12,22-39,42-52H,2,13-17H2,1H3,(H,41,53)/b12-3+/t23-,24+,25?,26?,27?,28-,29-,30+,31+,32-,33-,34-,35+,36-,37?,38?,39?/m0/s1. The van der Waals surface area contributed by atoms with Crippen molar-refractivity contribution >= 4 is 6.09 Å². The summed E-state index contributed by atoms with van der Waals surface area (Å²) in [5.74, 6) is -0.232. The summed E-state index contributed by atoms with van der Waals surface area (Å²) in [5.41, 5.74) is 4.08. The van der Waals surface area contributed by atoms with Gasteiger partial charge in [0.1, 0.15) is 79.9 Å². The van der Waals surface area contributed by atoms with Crippen molar-refractivity contribution in [2.24, 2.45) is 0 Å². The molecule has 20 nitrogen and oxygen atoms in total. The zero-order chi connectivity index (χ0) is 43.2. The molecule has 3 saturated heterocycles. The molecule has 0 saturated carbocycles. The van der Waals surface area contributed by atoms with Gasteiger partial charge in [0.05, 0.1) is 38.6 Å². The minimum absolute atomic E-state index is 0.00798. The predicted octanol–water partition coefficient (Wildman–Crippen LogP) is -3.31. The van der Waals surface area contributed by atoms with Gasteiger partial charge in [0.25, 0.3) is 0 Å². The molecule has 0 bridgehead atoms. The molecule has 334 valence electrons. The Morgan fingerprint density at radius 1 is 0.683 bits per heavy atom. The van der Waals surface area contributed by atoms with Crippen LogP contribution in [0.5, 0.6) is 0 Å². The Labute approximate surface area is 344 Å². The first kappa shape index (κ1) is 46.3. The number of fused-ring (bicyclic) bond motifs is 3. The van der Waals surface area contributed by atoms with E-state index in [1.165, 1.54) is 6.08 Å². The molecular weight excluding hydrogens is 798 g/mol. The average molecular weight is 854 g/mol. The number of aliphatic hydroxyl groups is 11. The molecule has 1 amide bonds. The number of aliphatic hydroxyl groups excluding tert-OH is 11. The zero-order valence-electron chi connectivity index (χ0n) is 32.6. The van der Waals surface area contributed by atoms with Gasteiger partial charge in [-0.25, -0.2) is 4.79 Å². The Balaban J connectivity index is 1.06. The lowest BCUT2D eigenvalue weighted by Gasteiger charge is -2.48. The number of hydrogen-bond donors (Lipinski definition) is 12. The predicted molar refractivity (Wildman–Crippen MR) is 202 cm³/mol. The molecule has 3 heterocycles. The molecule has 3 aliphatic heterocycles. The first-order valence-corrected chi connectivity index (χ1v) is 19.8. The van der Waals surface area contributed by atoms with Gasteiger partial charge < -0.3 is 94.6 Å². The zero-order valence-corrected chi connectivity index (χ0v) is 32.6. The van der Waals surface area contributed by atoms with Crippen LogP contribution in [-0.4, -0.2) is 200 Å². The minimum atomic E-state index is -2.00. The van der Waals surface area contributed by atoms with E-state index in [2.05, 4.69) is 5.32 Å². The maximum absolute atomic E-state index is 13.2. The van der Waals surface area contributed by atoms with Crippen molar-refractivity contribution in [3.8, 4) is 11.1 Å². The lowest BCUT2D eigenvalue weighted by atomic mass is 9.96. The SMILES string of the molecule is CC/C=C/[C@@H](O)[C@H](COC1OC(CO)[C@@H](OC2OC(CO)[C@H](OC3OC(CO)[C@H](O)[C@H](O)[C@@H]3O)[C@H](O)[C@@H]2O)[C@H](O)[C@@H]1O)NC(=O)OCC1c2ccccc2-c2ccccc21. The van der Waals surface area contributed by atoms with Crippen LogP contribution < -0.4 is 5.32 Å². The molecule has 0 radical (unpaired) electrons. The Bertz CT molecular complexity index is 1670. The molecule has 4 aliphatic rings. The molecule has 2 aromatic carbocycles. The molecule has 60 heavy (non-hydrogen) atoms. The van der Waals surface area contributed by atoms with Crippen LogP contribution in [0, 0.1) is 0 Å². The lowest BCUT2D eigenvalue weighted by Crippen LogP contribution is -2.66. The molecule has 0 spiro atoms. The van der Waals surface area contributed by atoms with Crippen LogP contribution in [0.1, 0.15) is 30.4 Å². The van der Waals surface area contributed by atoms with Crippen molar-refractivity contribution in [2.75, 3.05) is 33.0 Å². The van der Waals surface area contributed by atoms with Gasteiger partial charge in [-0.1, -0.05) is 67.6 Å². The second kappa shape index (κ2) is 20.8. The normalized spacial score (nSPS) is 36.7. The number of carbonyl (C=O) groups is 1. The number of benzene rings is 2. The monoisotopic (exact) mass is 853 g/mol. The van der Waals surface area contributed by atoms with Crippen molar-refractivity contribution in [2.45, 2.75) is 124 Å². The summed E-state index contributed by atoms with van der Waals surface area (Å²) >= 11 is 0. The van der Waals surface area contributed by atoms with Gasteiger partial charge >= 0.3 is 6.09 Å². The number of hydrogen-bond acceptors (Lipinski definition) is 19. The first-order valence-electron chi connectivity index (χ1n) is 19.8. The number of allylic oxidation sites excluding steroid dienone is 1. The summed E-state index contributed by atoms with van der Waals surface area (Å²) in [6.07, 6.45) is -24.5. The van der Waals surface area contributed by atoms with E-state index >= 15 is 0 Å². The van der Waals surface area contributed by atoms with E-state index in [0.29, 0.717) is 6.42 Å². The van der Waals surface area contributed by atoms with E-state index in [-0.39, 0.29) is 12.5 Å². The third-order valence-electron chi connectivity index (χ3n) is 11.1. The molecule has 1 aliphatic carbocycles. The molecule has 2 aromatic rings. The maximum Gasteiger partial charge on any atom is 0.407 e. The topological polar surface area (TPSA) is 316 Å². The van der Waals surface area contributed by atoms with Crippen LogP contribution in [0.4, 0.5) is 4.79 Å². The van der Waals surface area contributed by atoms with Gasteiger partial charge in [-0.2, -0.15) is 0 Å². The second-order valence-electron chi connectivity index (χ2n) is 15.0. The fourth-order valence-corrected chi connectivity index (χ4v) is 7.81. The van der Waals surface area contributed by atoms with Gasteiger partial charge in [0.15, 0.2) is 18.9 Å². The van der Waals surface area contributed by atoms with Crippen LogP contribution in [-0.2, 0) is 33.2 Å². The van der Waals surface area contributed by atoms with E-state index in [1.54, 1.807) is 6.08 Å². The Morgan fingerprint density at radius 3 is 1.70 bits per heavy atom. The first-order chi connectivity index (χ1) is 28.8. The molecule has 12 N–H and O–H groups in total. The van der Waals surface area contributed by atoms with Gasteiger partial charge in [-0.05, 0) is 28.7 Å². The van der Waals surface area contributed by atoms with Crippen LogP contribution in [0.25, 0.3) is 11.1 Å². The second-order valence-corrected chi connectivity index (χ2v) is 15.0. The molecular formula is C40H55NO19. The molecule has 6 rings (SSSR count). The number of carbonyl (C=O) groups excluding carboxylic acids is 1. The number of rotatable bonds is 16. The fraction of sp³-hybridized carbons (Fsp3) is 0.625. The van der Waals surface area contributed by atoms with E-state index in [4.69, 9.17) is 33.2 Å². The van der Waals surface area contributed by atoms with Crippen LogP contribution in [0.15, 0.2) is 60.7 Å². The van der Waals surface area contributed by atoms with Crippen molar-refractivity contribution in [1.29, 1.82) is 0 Å². The van der Waals surface area contributed by atoms with Crippen molar-refractivity contribution < 1.29 is 94.1 Å². The summed E-state index contributed by atoms with van der Waals surface area (Å²) in [7, 11) is 0. The summed E-state index contributed by atoms with van der Waals surface area (Å²) < 4.78 is 39.3. The average Bonchev–Trinajstić information content (AvgIpc) is 3.58. The highest BCUT2D eigenvalue weighted by Crippen LogP contribution is 2.44. The smallest absolute Gasteiger partial charge is 0.407 e. The third-order valence-corrected chi connectivity index (χ3v) is 11.1. The van der Waals surface area contributed by atoms with Crippen LogP contribution in [0.3, 0.4) is 0 Å². The van der Waals surface area contributed by atoms with Crippen molar-refractivity contribution in [3.63, 3.8) is 0 Å². The summed E-state index contributed by atoms with van der Waals surface area (Å²) in [4.78, 5) is 13.2. The highest BCUT2D eigenvalue weighted by molar-refractivity contribution is 5.79. The minimum Gasteiger partial charge on any atom is -0.449 e. The third kappa shape index (κ3) is 9.85. The van der Waals surface area contributed by atoms with E-state index in [9.17, 15) is 61.0 Å². The van der Waals surface area contributed by atoms with Gasteiger partial charge in [0.2, 0.25) is 0 Å². The van der Waals surface area contributed by atoms with Crippen molar-refractivity contribution in [3.05, 3.63) is 71.8 Å². The largest absolute Gasteiger partial charge is 0.449 e. The molecule has 6 unspecified atom stereocenters. The van der Waals surface area contributed by atoms with Crippen molar-refractivity contribution in [1.82, 2.24) is 5.32 Å². The highest BCUT2D eigenvalue weighted by atomic mass is 16.8. The van der Waals surface area contributed by atoms with Gasteiger partial charge in [-0.3, -0.25) is 0 Å². The number of amides is 1.